The second-order valence-corrected chi connectivity index (χ2v) is 18.3. The lowest BCUT2D eigenvalue weighted by Crippen LogP contribution is -2.45. The number of hydrogen-bond donors (Lipinski definition) is 3. The number of hydrogen-bond acceptors (Lipinski definition) is 3. The first-order valence-electron chi connectivity index (χ1n) is 28.0. The summed E-state index contributed by atoms with van der Waals surface area (Å²) in [6.45, 7) is 4.17. The van der Waals surface area contributed by atoms with Gasteiger partial charge in [-0.2, -0.15) is 0 Å². The first kappa shape index (κ1) is 64.3. The quantitative estimate of drug-likeness (QED) is 0.0420. The molecule has 384 valence electrons. The highest BCUT2D eigenvalue weighted by atomic mass is 16.3. The minimum atomic E-state index is -0.872. The second kappa shape index (κ2) is 57.6. The summed E-state index contributed by atoms with van der Waals surface area (Å²) < 4.78 is 0. The van der Waals surface area contributed by atoms with Gasteiger partial charge in [0, 0.05) is 6.42 Å². The van der Waals surface area contributed by atoms with Crippen LogP contribution in [0.1, 0.15) is 232 Å². The Bertz CT molecular complexity index is 1430. The number of carbonyl (C=O) groups excluding carboxylic acids is 1. The number of aliphatic hydroxyl groups is 2. The Morgan fingerprint density at radius 2 is 0.662 bits per heavy atom. The Morgan fingerprint density at radius 1 is 0.368 bits per heavy atom. The van der Waals surface area contributed by atoms with E-state index < -0.39 is 12.1 Å². The smallest absolute Gasteiger partial charge is 0.220 e. The molecule has 68 heavy (non-hydrogen) atoms. The van der Waals surface area contributed by atoms with Crippen molar-refractivity contribution >= 4 is 5.91 Å². The number of nitrogens with one attached hydrogen (secondary N) is 1. The van der Waals surface area contributed by atoms with Crippen molar-refractivity contribution in [2.75, 3.05) is 6.61 Å². The standard InChI is InChI=1S/C64H105NO3/c1-3-5-7-9-11-13-15-17-19-20-21-22-23-24-25-26-27-28-29-30-31-32-33-34-35-36-37-38-39-40-41-42-43-44-46-48-50-52-54-56-58-60-64(68)65-62(61-66)63(67)59-57-55-53-51-49-47-45-18-16-14-12-10-8-6-4-2/h5,7,11,13,17,19,21-22,24-25,27-28,30-31,33-34,36-37,39-40,49,51,57,59,62-63,66-67H,3-4,6,8-10,12,14-16,18,20,23,26,29,32,35,38,41-48,50,52-56,58,60-61H2,1-2H3,(H,65,68)/b7-5-,13-11-,19-17-,22-21-,25-24-,28-27-,31-30-,34-33-,37-36-,40-39-,51-49+,59-57+. The fraction of sp³-hybridized carbons (Fsp3) is 0.609. The maximum Gasteiger partial charge on any atom is 0.220 e. The van der Waals surface area contributed by atoms with Crippen LogP contribution in [0.3, 0.4) is 0 Å². The van der Waals surface area contributed by atoms with E-state index in [0.717, 1.165) is 103 Å². The molecule has 0 aromatic heterocycles. The maximum atomic E-state index is 12.4. The van der Waals surface area contributed by atoms with Crippen LogP contribution in [-0.2, 0) is 4.79 Å². The number of aliphatic hydroxyl groups excluding tert-OH is 2. The molecule has 0 heterocycles. The van der Waals surface area contributed by atoms with E-state index in [9.17, 15) is 15.0 Å². The van der Waals surface area contributed by atoms with Gasteiger partial charge in [0.15, 0.2) is 0 Å². The van der Waals surface area contributed by atoms with Gasteiger partial charge in [-0.25, -0.2) is 0 Å². The molecule has 0 saturated heterocycles. The van der Waals surface area contributed by atoms with Crippen molar-refractivity contribution in [3.8, 4) is 0 Å². The van der Waals surface area contributed by atoms with Crippen LogP contribution in [0.4, 0.5) is 0 Å². The molecule has 0 aromatic carbocycles. The van der Waals surface area contributed by atoms with E-state index in [2.05, 4.69) is 153 Å². The van der Waals surface area contributed by atoms with Crippen molar-refractivity contribution in [1.82, 2.24) is 5.32 Å². The molecule has 2 atom stereocenters. The fourth-order valence-electron chi connectivity index (χ4n) is 7.57. The second-order valence-electron chi connectivity index (χ2n) is 18.3. The summed E-state index contributed by atoms with van der Waals surface area (Å²) in [4.78, 5) is 12.4. The lowest BCUT2D eigenvalue weighted by molar-refractivity contribution is -0.123. The van der Waals surface area contributed by atoms with Gasteiger partial charge in [0.05, 0.1) is 18.8 Å². The number of unbranched alkanes of at least 4 members (excludes halogenated alkanes) is 20. The summed E-state index contributed by atoms with van der Waals surface area (Å²) in [6, 6.07) is -0.650. The van der Waals surface area contributed by atoms with Gasteiger partial charge >= 0.3 is 0 Å². The molecular formula is C64H105NO3. The third-order valence-electron chi connectivity index (χ3n) is 11.8. The van der Waals surface area contributed by atoms with Crippen LogP contribution in [0, 0.1) is 0 Å². The van der Waals surface area contributed by atoms with Gasteiger partial charge in [-0.05, 0) is 109 Å². The van der Waals surface area contributed by atoms with Gasteiger partial charge in [-0.3, -0.25) is 4.79 Å². The normalized spacial score (nSPS) is 14.0. The van der Waals surface area contributed by atoms with Crippen molar-refractivity contribution in [3.05, 3.63) is 146 Å². The summed E-state index contributed by atoms with van der Waals surface area (Å²) in [5.41, 5.74) is 0. The fourth-order valence-corrected chi connectivity index (χ4v) is 7.57. The molecular weight excluding hydrogens is 831 g/mol. The minimum Gasteiger partial charge on any atom is -0.394 e. The Kier molecular flexibility index (Phi) is 54.4. The Hall–Kier alpha value is -3.73. The number of carbonyl (C=O) groups is 1. The van der Waals surface area contributed by atoms with Crippen LogP contribution < -0.4 is 5.32 Å². The van der Waals surface area contributed by atoms with E-state index in [1.165, 1.54) is 109 Å². The van der Waals surface area contributed by atoms with Crippen LogP contribution in [0.25, 0.3) is 0 Å². The minimum absolute atomic E-state index is 0.0848. The first-order valence-corrected chi connectivity index (χ1v) is 28.0. The molecule has 0 aliphatic rings. The molecule has 0 rings (SSSR count). The molecule has 0 aromatic rings. The van der Waals surface area contributed by atoms with Crippen LogP contribution in [0.2, 0.25) is 0 Å². The molecule has 0 aliphatic heterocycles. The van der Waals surface area contributed by atoms with Crippen molar-refractivity contribution in [2.24, 2.45) is 0 Å². The van der Waals surface area contributed by atoms with Crippen molar-refractivity contribution in [2.45, 2.75) is 244 Å². The zero-order valence-electron chi connectivity index (χ0n) is 44.1. The van der Waals surface area contributed by atoms with Gasteiger partial charge in [0.1, 0.15) is 0 Å². The maximum absolute atomic E-state index is 12.4. The molecule has 2 unspecified atom stereocenters. The monoisotopic (exact) mass is 936 g/mol. The van der Waals surface area contributed by atoms with Crippen molar-refractivity contribution in [3.63, 3.8) is 0 Å². The lowest BCUT2D eigenvalue weighted by atomic mass is 10.0. The topological polar surface area (TPSA) is 69.6 Å². The van der Waals surface area contributed by atoms with Gasteiger partial charge in [-0.1, -0.05) is 262 Å². The number of amides is 1. The predicted molar refractivity (Wildman–Crippen MR) is 303 cm³/mol. The Morgan fingerprint density at radius 3 is 1.03 bits per heavy atom. The van der Waals surface area contributed by atoms with E-state index in [1.54, 1.807) is 6.08 Å². The molecule has 4 heteroatoms. The van der Waals surface area contributed by atoms with Gasteiger partial charge in [0.2, 0.25) is 5.91 Å². The van der Waals surface area contributed by atoms with Crippen LogP contribution in [0.15, 0.2) is 146 Å². The van der Waals surface area contributed by atoms with E-state index >= 15 is 0 Å². The predicted octanol–water partition coefficient (Wildman–Crippen LogP) is 18.8. The van der Waals surface area contributed by atoms with Gasteiger partial charge in [0.25, 0.3) is 0 Å². The van der Waals surface area contributed by atoms with Crippen LogP contribution >= 0.6 is 0 Å². The zero-order chi connectivity index (χ0) is 49.2. The zero-order valence-corrected chi connectivity index (χ0v) is 44.1. The molecule has 0 fully saturated rings. The van der Waals surface area contributed by atoms with Gasteiger partial charge < -0.3 is 15.5 Å². The molecule has 0 saturated carbocycles. The average Bonchev–Trinajstić information content (AvgIpc) is 3.34. The van der Waals surface area contributed by atoms with Crippen LogP contribution in [0.5, 0.6) is 0 Å². The Balaban J connectivity index is 3.64. The molecule has 0 spiro atoms. The van der Waals surface area contributed by atoms with E-state index in [0.29, 0.717) is 6.42 Å². The molecule has 3 N–H and O–H groups in total. The van der Waals surface area contributed by atoms with Gasteiger partial charge in [-0.15, -0.1) is 0 Å². The van der Waals surface area contributed by atoms with E-state index in [4.69, 9.17) is 0 Å². The van der Waals surface area contributed by atoms with Crippen molar-refractivity contribution < 1.29 is 15.0 Å². The summed E-state index contributed by atoms with van der Waals surface area (Å²) in [7, 11) is 0. The third-order valence-corrected chi connectivity index (χ3v) is 11.8. The van der Waals surface area contributed by atoms with E-state index in [-0.39, 0.29) is 12.5 Å². The lowest BCUT2D eigenvalue weighted by Gasteiger charge is -2.19. The average molecular weight is 937 g/mol. The number of allylic oxidation sites excluding steroid dienone is 23. The highest BCUT2D eigenvalue weighted by Crippen LogP contribution is 2.14. The highest BCUT2D eigenvalue weighted by molar-refractivity contribution is 5.76. The summed E-state index contributed by atoms with van der Waals surface area (Å²) in [5, 5.41) is 23.1. The summed E-state index contributed by atoms with van der Waals surface area (Å²) in [5.74, 6) is -0.0848. The molecule has 1 amide bonds. The highest BCUT2D eigenvalue weighted by Gasteiger charge is 2.17. The molecule has 0 radical (unpaired) electrons. The van der Waals surface area contributed by atoms with Crippen molar-refractivity contribution in [1.29, 1.82) is 0 Å². The molecule has 0 bridgehead atoms. The molecule has 4 nitrogen and oxygen atoms in total. The largest absolute Gasteiger partial charge is 0.394 e. The number of rotatable bonds is 49. The van der Waals surface area contributed by atoms with E-state index in [1.807, 2.05) is 6.08 Å². The molecule has 0 aliphatic carbocycles. The first-order chi connectivity index (χ1) is 33.7. The third kappa shape index (κ3) is 53.2. The summed E-state index contributed by atoms with van der Waals surface area (Å²) in [6.07, 6.45) is 91.4. The SMILES string of the molecule is CC/C=C\C/C=C\C/C=C\C/C=C\C/C=C\C/C=C\C/C=C\C/C=C\C/C=C\C/C=C\CCCCCCCCCCCCC(=O)NC(CO)C(O)/C=C/CC/C=C/CCCCCCCCCCC. The Labute approximate surface area is 421 Å². The van der Waals surface area contributed by atoms with Crippen LogP contribution in [-0.4, -0.2) is 34.9 Å². The summed E-state index contributed by atoms with van der Waals surface area (Å²) >= 11 is 0.